The Morgan fingerprint density at radius 1 is 0.963 bits per heavy atom. The molecule has 0 saturated carbocycles. The van der Waals surface area contributed by atoms with E-state index in [1.165, 1.54) is 0 Å². The van der Waals surface area contributed by atoms with Gasteiger partial charge in [-0.3, -0.25) is 14.9 Å². The van der Waals surface area contributed by atoms with Crippen LogP contribution in [0.4, 0.5) is 5.69 Å². The van der Waals surface area contributed by atoms with Crippen molar-refractivity contribution in [1.29, 1.82) is 0 Å². The van der Waals surface area contributed by atoms with Crippen molar-refractivity contribution >= 4 is 27.5 Å². The van der Waals surface area contributed by atoms with Crippen molar-refractivity contribution in [3.05, 3.63) is 71.4 Å². The molecule has 3 aromatic heterocycles. The summed E-state index contributed by atoms with van der Waals surface area (Å²) < 4.78 is 0. The third-order valence-electron chi connectivity index (χ3n) is 4.64. The molecule has 0 unspecified atom stereocenters. The molecule has 7 heteroatoms. The first-order valence-electron chi connectivity index (χ1n) is 8.38. The van der Waals surface area contributed by atoms with E-state index in [0.29, 0.717) is 22.4 Å². The Morgan fingerprint density at radius 3 is 2.67 bits per heavy atom. The highest BCUT2D eigenvalue weighted by Gasteiger charge is 2.15. The lowest BCUT2D eigenvalue weighted by molar-refractivity contribution is 1.12. The summed E-state index contributed by atoms with van der Waals surface area (Å²) in [4.78, 5) is 24.2. The quantitative estimate of drug-likeness (QED) is 0.422. The minimum Gasteiger partial charge on any atom is -0.398 e. The molecule has 130 valence electrons. The molecule has 0 bridgehead atoms. The molecule has 0 aliphatic rings. The number of nitrogens with two attached hydrogens (primary N) is 1. The summed E-state index contributed by atoms with van der Waals surface area (Å²) in [6.07, 6.45) is 5.06. The Kier molecular flexibility index (Phi) is 3.26. The van der Waals surface area contributed by atoms with E-state index in [2.05, 4.69) is 25.1 Å². The topological polar surface area (TPSA) is 113 Å². The number of hydrogen-bond acceptors (Lipinski definition) is 5. The van der Waals surface area contributed by atoms with Crippen LogP contribution < -0.4 is 11.3 Å². The zero-order chi connectivity index (χ0) is 18.4. The highest BCUT2D eigenvalue weighted by Crippen LogP contribution is 2.34. The number of H-pyrrole nitrogens is 2. The number of hydrogen-bond donors (Lipinski definition) is 3. The van der Waals surface area contributed by atoms with Crippen LogP contribution in [0.15, 0.2) is 65.8 Å². The molecule has 5 aromatic rings. The summed E-state index contributed by atoms with van der Waals surface area (Å²) in [5.41, 5.74) is 10.5. The number of benzene rings is 2. The molecule has 0 aliphatic heterocycles. The second-order valence-corrected chi connectivity index (χ2v) is 6.21. The minimum atomic E-state index is -0.273. The highest BCUT2D eigenvalue weighted by atomic mass is 16.1. The van der Waals surface area contributed by atoms with Gasteiger partial charge >= 0.3 is 0 Å². The standard InChI is InChI=1S/C20H14N6O/c21-18-13(12-2-1-3-15-14(12)10-23-26-15)4-5-16-17(18)20(27)25-19(24-16)11-6-8-22-9-7-11/h1-10H,21H2,(H,23,26)(H,24,25,27). The lowest BCUT2D eigenvalue weighted by Crippen LogP contribution is -2.12. The molecule has 3 heterocycles. The average Bonchev–Trinajstić information content (AvgIpc) is 3.18. The van der Waals surface area contributed by atoms with Gasteiger partial charge in [-0.2, -0.15) is 5.10 Å². The van der Waals surface area contributed by atoms with Gasteiger partial charge in [-0.25, -0.2) is 4.98 Å². The number of fused-ring (bicyclic) bond motifs is 2. The van der Waals surface area contributed by atoms with E-state index in [-0.39, 0.29) is 5.56 Å². The number of anilines is 1. The molecule has 4 N–H and O–H groups in total. The molecule has 7 nitrogen and oxygen atoms in total. The van der Waals surface area contributed by atoms with Gasteiger partial charge in [0.1, 0.15) is 5.82 Å². The summed E-state index contributed by atoms with van der Waals surface area (Å²) in [6.45, 7) is 0. The van der Waals surface area contributed by atoms with Gasteiger partial charge in [0.2, 0.25) is 0 Å². The second kappa shape index (κ2) is 5.77. The lowest BCUT2D eigenvalue weighted by atomic mass is 9.98. The molecular formula is C20H14N6O. The predicted octanol–water partition coefficient (Wildman–Crippen LogP) is 3.11. The van der Waals surface area contributed by atoms with Gasteiger partial charge < -0.3 is 10.7 Å². The van der Waals surface area contributed by atoms with Crippen LogP contribution in [-0.4, -0.2) is 25.1 Å². The van der Waals surface area contributed by atoms with E-state index in [0.717, 1.165) is 27.6 Å². The molecule has 0 amide bonds. The fraction of sp³-hybridized carbons (Fsp3) is 0. The summed E-state index contributed by atoms with van der Waals surface area (Å²) in [7, 11) is 0. The number of aromatic nitrogens is 5. The summed E-state index contributed by atoms with van der Waals surface area (Å²) in [5, 5.41) is 8.36. The third-order valence-corrected chi connectivity index (χ3v) is 4.64. The van der Waals surface area contributed by atoms with Crippen molar-refractivity contribution in [1.82, 2.24) is 25.1 Å². The van der Waals surface area contributed by atoms with Crippen LogP contribution >= 0.6 is 0 Å². The van der Waals surface area contributed by atoms with Crippen LogP contribution in [0.5, 0.6) is 0 Å². The highest BCUT2D eigenvalue weighted by molar-refractivity contribution is 6.04. The molecule has 0 fully saturated rings. The maximum absolute atomic E-state index is 12.8. The normalized spacial score (nSPS) is 11.3. The lowest BCUT2D eigenvalue weighted by Gasteiger charge is -2.10. The maximum Gasteiger partial charge on any atom is 0.261 e. The van der Waals surface area contributed by atoms with Crippen molar-refractivity contribution in [3.63, 3.8) is 0 Å². The molecule has 5 rings (SSSR count). The molecule has 0 spiro atoms. The predicted molar refractivity (Wildman–Crippen MR) is 105 cm³/mol. The molecule has 2 aromatic carbocycles. The summed E-state index contributed by atoms with van der Waals surface area (Å²) >= 11 is 0. The van der Waals surface area contributed by atoms with Crippen LogP contribution in [0, 0.1) is 0 Å². The van der Waals surface area contributed by atoms with Crippen LogP contribution in [-0.2, 0) is 0 Å². The van der Waals surface area contributed by atoms with Gasteiger partial charge in [0, 0.05) is 28.9 Å². The van der Waals surface area contributed by atoms with Gasteiger partial charge in [0.25, 0.3) is 5.56 Å². The average molecular weight is 354 g/mol. The zero-order valence-corrected chi connectivity index (χ0v) is 14.1. The van der Waals surface area contributed by atoms with Gasteiger partial charge in [0.15, 0.2) is 0 Å². The molecule has 0 atom stereocenters. The van der Waals surface area contributed by atoms with Crippen molar-refractivity contribution in [2.75, 3.05) is 5.73 Å². The molecule has 0 aliphatic carbocycles. The smallest absolute Gasteiger partial charge is 0.261 e. The number of rotatable bonds is 2. The first-order chi connectivity index (χ1) is 13.2. The van der Waals surface area contributed by atoms with Crippen molar-refractivity contribution in [2.45, 2.75) is 0 Å². The number of pyridine rings is 1. The minimum absolute atomic E-state index is 0.273. The molecular weight excluding hydrogens is 340 g/mol. The zero-order valence-electron chi connectivity index (χ0n) is 14.1. The van der Waals surface area contributed by atoms with Crippen LogP contribution in [0.2, 0.25) is 0 Å². The fourth-order valence-electron chi connectivity index (χ4n) is 3.34. The van der Waals surface area contributed by atoms with Gasteiger partial charge in [-0.1, -0.05) is 18.2 Å². The van der Waals surface area contributed by atoms with Gasteiger partial charge in [-0.15, -0.1) is 0 Å². The van der Waals surface area contributed by atoms with Crippen LogP contribution in [0.25, 0.3) is 44.3 Å². The Bertz CT molecular complexity index is 1350. The Morgan fingerprint density at radius 2 is 1.81 bits per heavy atom. The molecule has 27 heavy (non-hydrogen) atoms. The molecule has 0 radical (unpaired) electrons. The van der Waals surface area contributed by atoms with Crippen molar-refractivity contribution in [3.8, 4) is 22.5 Å². The van der Waals surface area contributed by atoms with E-state index < -0.39 is 0 Å². The van der Waals surface area contributed by atoms with Crippen molar-refractivity contribution < 1.29 is 0 Å². The van der Waals surface area contributed by atoms with E-state index in [1.54, 1.807) is 30.7 Å². The number of nitrogen functional groups attached to an aromatic ring is 1. The van der Waals surface area contributed by atoms with E-state index in [4.69, 9.17) is 5.73 Å². The fourth-order valence-corrected chi connectivity index (χ4v) is 3.34. The Hall–Kier alpha value is -4.00. The Labute approximate surface area is 152 Å². The van der Waals surface area contributed by atoms with E-state index in [9.17, 15) is 4.79 Å². The van der Waals surface area contributed by atoms with Crippen molar-refractivity contribution in [2.24, 2.45) is 0 Å². The second-order valence-electron chi connectivity index (χ2n) is 6.21. The number of nitrogens with zero attached hydrogens (tertiary/aromatic N) is 3. The largest absolute Gasteiger partial charge is 0.398 e. The van der Waals surface area contributed by atoms with Gasteiger partial charge in [-0.05, 0) is 29.8 Å². The summed E-state index contributed by atoms with van der Waals surface area (Å²) in [6, 6.07) is 13.1. The van der Waals surface area contributed by atoms with Gasteiger partial charge in [0.05, 0.1) is 28.3 Å². The van der Waals surface area contributed by atoms with E-state index in [1.807, 2.05) is 30.3 Å². The monoisotopic (exact) mass is 354 g/mol. The SMILES string of the molecule is Nc1c(-c2cccc3[nH]ncc23)ccc2nc(-c3ccncc3)[nH]c(=O)c12. The summed E-state index contributed by atoms with van der Waals surface area (Å²) in [5.74, 6) is 0.485. The third kappa shape index (κ3) is 2.36. The van der Waals surface area contributed by atoms with Crippen LogP contribution in [0.1, 0.15) is 0 Å². The van der Waals surface area contributed by atoms with Crippen LogP contribution in [0.3, 0.4) is 0 Å². The maximum atomic E-state index is 12.8. The van der Waals surface area contributed by atoms with E-state index >= 15 is 0 Å². The number of nitrogens with one attached hydrogen (secondary N) is 2. The Balaban J connectivity index is 1.76. The number of aromatic amines is 2. The molecule has 0 saturated heterocycles. The first kappa shape index (κ1) is 15.3. The first-order valence-corrected chi connectivity index (χ1v) is 8.38.